The second kappa shape index (κ2) is 8.17. The van der Waals surface area contributed by atoms with Gasteiger partial charge in [-0.25, -0.2) is 14.6 Å². The van der Waals surface area contributed by atoms with Crippen LogP contribution in [-0.2, 0) is 16.1 Å². The van der Waals surface area contributed by atoms with Gasteiger partial charge in [0.05, 0.1) is 17.6 Å². The van der Waals surface area contributed by atoms with E-state index in [1.54, 1.807) is 32.0 Å². The average molecular weight is 498 g/mol. The number of rotatable bonds is 5. The fourth-order valence-corrected chi connectivity index (χ4v) is 4.12. The number of aryl methyl sites for hydroxylation is 1. The van der Waals surface area contributed by atoms with Crippen LogP contribution in [0.25, 0.3) is 10.2 Å². The smallest absolute Gasteiger partial charge is 0.348 e. The Morgan fingerprint density at radius 1 is 1.26 bits per heavy atom. The van der Waals surface area contributed by atoms with Gasteiger partial charge in [0.15, 0.2) is 0 Å². The molecular weight excluding hydrogens is 483 g/mol. The minimum absolute atomic E-state index is 0.179. The molecule has 0 saturated carbocycles. The van der Waals surface area contributed by atoms with E-state index in [1.165, 1.54) is 0 Å². The van der Waals surface area contributed by atoms with Crippen LogP contribution in [0.3, 0.4) is 0 Å². The lowest BCUT2D eigenvalue weighted by atomic mass is 10.2. The summed E-state index contributed by atoms with van der Waals surface area (Å²) in [5.41, 5.74) is 0.566. The summed E-state index contributed by atoms with van der Waals surface area (Å²) >= 11 is 3.19. The lowest BCUT2D eigenvalue weighted by molar-refractivity contribution is 0.0461. The van der Waals surface area contributed by atoms with Gasteiger partial charge in [-0.3, -0.25) is 4.79 Å². The van der Waals surface area contributed by atoms with Gasteiger partial charge in [0.1, 0.15) is 22.1 Å². The van der Waals surface area contributed by atoms with E-state index >= 15 is 0 Å². The second-order valence-electron chi connectivity index (χ2n) is 5.56. The molecular formula is C18H15IN2O5S. The number of aromatic amines is 1. The van der Waals surface area contributed by atoms with Crippen molar-refractivity contribution in [2.24, 2.45) is 0 Å². The average Bonchev–Trinajstić information content (AvgIpc) is 2.97. The second-order valence-corrected chi connectivity index (χ2v) is 7.80. The molecule has 0 spiro atoms. The number of thiophene rings is 1. The van der Waals surface area contributed by atoms with E-state index in [1.807, 2.05) is 6.07 Å². The number of hydrogen-bond donors (Lipinski definition) is 1. The molecule has 0 saturated heterocycles. The third kappa shape index (κ3) is 4.19. The van der Waals surface area contributed by atoms with E-state index in [0.29, 0.717) is 26.2 Å². The highest BCUT2D eigenvalue weighted by Crippen LogP contribution is 2.27. The van der Waals surface area contributed by atoms with Gasteiger partial charge in [-0.15, -0.1) is 11.3 Å². The van der Waals surface area contributed by atoms with Gasteiger partial charge in [0.2, 0.25) is 0 Å². The predicted octanol–water partition coefficient (Wildman–Crippen LogP) is 3.43. The molecule has 2 aromatic heterocycles. The number of hydrogen-bond acceptors (Lipinski definition) is 7. The van der Waals surface area contributed by atoms with Crippen molar-refractivity contribution in [3.63, 3.8) is 0 Å². The molecule has 0 bridgehead atoms. The number of halogens is 1. The summed E-state index contributed by atoms with van der Waals surface area (Å²) in [4.78, 5) is 44.2. The Labute approximate surface area is 171 Å². The maximum absolute atomic E-state index is 12.4. The zero-order chi connectivity index (χ0) is 19.6. The van der Waals surface area contributed by atoms with Crippen LogP contribution in [0.4, 0.5) is 0 Å². The van der Waals surface area contributed by atoms with Gasteiger partial charge in [-0.1, -0.05) is 6.07 Å². The standard InChI is InChI=1S/C18H15IN2O5S/c1-3-25-18(24)14-9(2)13-15(22)20-12(21-16(13)27-14)8-26-17(23)10-5-4-6-11(19)7-10/h4-7H,3,8H2,1-2H3,(H,20,21,22). The van der Waals surface area contributed by atoms with Crippen LogP contribution in [0.2, 0.25) is 0 Å². The number of carbonyl (C=O) groups is 2. The van der Waals surface area contributed by atoms with Crippen molar-refractivity contribution < 1.29 is 19.1 Å². The molecule has 0 atom stereocenters. The Hall–Kier alpha value is -2.27. The first-order chi connectivity index (χ1) is 12.9. The van der Waals surface area contributed by atoms with Crippen molar-refractivity contribution in [3.05, 3.63) is 60.0 Å². The molecule has 140 valence electrons. The highest BCUT2D eigenvalue weighted by Gasteiger charge is 2.20. The van der Waals surface area contributed by atoms with Crippen LogP contribution in [-0.4, -0.2) is 28.5 Å². The zero-order valence-corrected chi connectivity index (χ0v) is 17.5. The molecule has 0 aliphatic carbocycles. The Kier molecular flexibility index (Phi) is 5.90. The van der Waals surface area contributed by atoms with Crippen LogP contribution in [0.15, 0.2) is 29.1 Å². The molecule has 0 radical (unpaired) electrons. The Bertz CT molecular complexity index is 1090. The molecule has 0 unspecified atom stereocenters. The first kappa shape index (κ1) is 19.5. The topological polar surface area (TPSA) is 98.3 Å². The molecule has 3 rings (SSSR count). The summed E-state index contributed by atoms with van der Waals surface area (Å²) in [7, 11) is 0. The van der Waals surface area contributed by atoms with Gasteiger partial charge in [-0.2, -0.15) is 0 Å². The van der Waals surface area contributed by atoms with E-state index in [2.05, 4.69) is 32.6 Å². The van der Waals surface area contributed by atoms with E-state index in [0.717, 1.165) is 14.9 Å². The monoisotopic (exact) mass is 498 g/mol. The third-order valence-corrected chi connectivity index (χ3v) is 5.55. The highest BCUT2D eigenvalue weighted by atomic mass is 127. The lowest BCUT2D eigenvalue weighted by Gasteiger charge is -2.05. The van der Waals surface area contributed by atoms with E-state index in [9.17, 15) is 14.4 Å². The SMILES string of the molecule is CCOC(=O)c1sc2nc(COC(=O)c3cccc(I)c3)[nH]c(=O)c2c1C. The molecule has 7 nitrogen and oxygen atoms in total. The van der Waals surface area contributed by atoms with Gasteiger partial charge in [0, 0.05) is 3.57 Å². The number of H-pyrrole nitrogens is 1. The summed E-state index contributed by atoms with van der Waals surface area (Å²) in [5.74, 6) is -0.780. The maximum atomic E-state index is 12.4. The Morgan fingerprint density at radius 2 is 2.04 bits per heavy atom. The first-order valence-electron chi connectivity index (χ1n) is 8.02. The Balaban J connectivity index is 1.85. The largest absolute Gasteiger partial charge is 0.462 e. The fraction of sp³-hybridized carbons (Fsp3) is 0.222. The molecule has 1 N–H and O–H groups in total. The summed E-state index contributed by atoms with van der Waals surface area (Å²) < 4.78 is 11.2. The number of aromatic nitrogens is 2. The molecule has 9 heteroatoms. The summed E-state index contributed by atoms with van der Waals surface area (Å²) in [6, 6.07) is 6.98. The molecule has 3 aromatic rings. The molecule has 1 aromatic carbocycles. The number of ether oxygens (including phenoxy) is 2. The number of nitrogens with zero attached hydrogens (tertiary/aromatic N) is 1. The highest BCUT2D eigenvalue weighted by molar-refractivity contribution is 14.1. The third-order valence-electron chi connectivity index (χ3n) is 3.71. The van der Waals surface area contributed by atoms with Crippen LogP contribution in [0.5, 0.6) is 0 Å². The molecule has 0 amide bonds. The number of nitrogens with one attached hydrogen (secondary N) is 1. The number of fused-ring (bicyclic) bond motifs is 1. The maximum Gasteiger partial charge on any atom is 0.348 e. The molecule has 2 heterocycles. The minimum Gasteiger partial charge on any atom is -0.462 e. The quantitative estimate of drug-likeness (QED) is 0.428. The van der Waals surface area contributed by atoms with Crippen LogP contribution < -0.4 is 5.56 Å². The lowest BCUT2D eigenvalue weighted by Crippen LogP contribution is -2.14. The minimum atomic E-state index is -0.508. The van der Waals surface area contributed by atoms with Crippen LogP contribution in [0, 0.1) is 10.5 Å². The van der Waals surface area contributed by atoms with Gasteiger partial charge >= 0.3 is 11.9 Å². The van der Waals surface area contributed by atoms with Crippen molar-refractivity contribution in [3.8, 4) is 0 Å². The predicted molar refractivity (Wildman–Crippen MR) is 109 cm³/mol. The van der Waals surface area contributed by atoms with Crippen molar-refractivity contribution >= 4 is 56.1 Å². The normalized spacial score (nSPS) is 10.8. The number of carbonyl (C=O) groups excluding carboxylic acids is 2. The van der Waals surface area contributed by atoms with Crippen molar-refractivity contribution in [1.82, 2.24) is 9.97 Å². The van der Waals surface area contributed by atoms with E-state index in [4.69, 9.17) is 9.47 Å². The van der Waals surface area contributed by atoms with Gasteiger partial charge in [-0.05, 0) is 60.2 Å². The molecule has 0 fully saturated rings. The van der Waals surface area contributed by atoms with Crippen LogP contribution in [0.1, 0.15) is 38.3 Å². The molecule has 0 aliphatic rings. The first-order valence-corrected chi connectivity index (χ1v) is 9.92. The van der Waals surface area contributed by atoms with Crippen molar-refractivity contribution in [2.75, 3.05) is 6.61 Å². The Morgan fingerprint density at radius 3 is 2.74 bits per heavy atom. The summed E-state index contributed by atoms with van der Waals surface area (Å²) in [6.07, 6.45) is 0. The fourth-order valence-electron chi connectivity index (χ4n) is 2.48. The number of esters is 2. The van der Waals surface area contributed by atoms with E-state index < -0.39 is 11.9 Å². The van der Waals surface area contributed by atoms with E-state index in [-0.39, 0.29) is 24.6 Å². The number of benzene rings is 1. The molecule has 0 aliphatic heterocycles. The van der Waals surface area contributed by atoms with Crippen molar-refractivity contribution in [1.29, 1.82) is 0 Å². The summed E-state index contributed by atoms with van der Waals surface area (Å²) in [5, 5.41) is 0.343. The van der Waals surface area contributed by atoms with Gasteiger partial charge in [0.25, 0.3) is 5.56 Å². The zero-order valence-electron chi connectivity index (χ0n) is 14.5. The molecule has 27 heavy (non-hydrogen) atoms. The van der Waals surface area contributed by atoms with Gasteiger partial charge < -0.3 is 14.5 Å². The van der Waals surface area contributed by atoms with Crippen molar-refractivity contribution in [2.45, 2.75) is 20.5 Å². The van der Waals surface area contributed by atoms with Crippen LogP contribution >= 0.6 is 33.9 Å². The summed E-state index contributed by atoms with van der Waals surface area (Å²) in [6.45, 7) is 3.46.